The fraction of sp³-hybridized carbons (Fsp3) is 0.833. The van der Waals surface area contributed by atoms with Crippen LogP contribution in [0.4, 0.5) is 0 Å². The molecule has 18 heavy (non-hydrogen) atoms. The molecule has 0 rings (SSSR count). The number of ether oxygens (including phenoxy) is 2. The van der Waals surface area contributed by atoms with Crippen LogP contribution in [0.15, 0.2) is 0 Å². The number of rotatable bonds is 10. The number of carbonyl (C=O) groups is 2. The zero-order valence-electron chi connectivity index (χ0n) is 11.3. The first-order valence-corrected chi connectivity index (χ1v) is 6.19. The topological polar surface area (TPSA) is 76.1 Å². The molecule has 0 aliphatic heterocycles. The zero-order chi connectivity index (χ0) is 14.0. The predicted molar refractivity (Wildman–Crippen MR) is 66.4 cm³/mol. The summed E-state index contributed by atoms with van der Waals surface area (Å²) in [5, 5.41) is 8.76. The van der Waals surface area contributed by atoms with Crippen molar-refractivity contribution in [3.63, 3.8) is 0 Å². The highest BCUT2D eigenvalue weighted by Crippen LogP contribution is 2.04. The molecule has 0 saturated heterocycles. The summed E-state index contributed by atoms with van der Waals surface area (Å²) in [5.74, 6) is -1.32. The van der Waals surface area contributed by atoms with E-state index >= 15 is 0 Å². The molecular weight excluding hydrogens is 238 g/mol. The van der Waals surface area contributed by atoms with Crippen molar-refractivity contribution in [3.05, 3.63) is 0 Å². The van der Waals surface area contributed by atoms with Crippen molar-refractivity contribution in [3.8, 4) is 0 Å². The van der Waals surface area contributed by atoms with E-state index in [9.17, 15) is 9.59 Å². The van der Waals surface area contributed by atoms with Crippen LogP contribution < -0.4 is 0 Å². The molecule has 1 atom stereocenters. The summed E-state index contributed by atoms with van der Waals surface area (Å²) in [4.78, 5) is 23.8. The minimum atomic E-state index is -1.02. The number of carbonyl (C=O) groups excluding carboxylic acids is 1. The number of amides is 1. The van der Waals surface area contributed by atoms with Gasteiger partial charge in [0, 0.05) is 12.6 Å². The van der Waals surface area contributed by atoms with Crippen LogP contribution in [0.1, 0.15) is 27.2 Å². The molecule has 0 heterocycles. The van der Waals surface area contributed by atoms with Crippen molar-refractivity contribution in [1.29, 1.82) is 0 Å². The maximum absolute atomic E-state index is 11.8. The highest BCUT2D eigenvalue weighted by molar-refractivity contribution is 5.82. The summed E-state index contributed by atoms with van der Waals surface area (Å²) in [6.45, 7) is 6.59. The van der Waals surface area contributed by atoms with Gasteiger partial charge >= 0.3 is 5.97 Å². The Morgan fingerprint density at radius 1 is 1.22 bits per heavy atom. The van der Waals surface area contributed by atoms with E-state index in [1.807, 2.05) is 20.8 Å². The molecule has 1 unspecified atom stereocenters. The van der Waals surface area contributed by atoms with Crippen LogP contribution in [0.25, 0.3) is 0 Å². The minimum Gasteiger partial charge on any atom is -0.480 e. The molecule has 0 bridgehead atoms. The van der Waals surface area contributed by atoms with Crippen molar-refractivity contribution in [2.75, 3.05) is 33.0 Å². The van der Waals surface area contributed by atoms with Gasteiger partial charge in [0.1, 0.15) is 13.2 Å². The van der Waals surface area contributed by atoms with Crippen LogP contribution in [0.2, 0.25) is 0 Å². The second kappa shape index (κ2) is 9.85. The Bertz CT molecular complexity index is 257. The van der Waals surface area contributed by atoms with Gasteiger partial charge in [-0.25, -0.2) is 0 Å². The summed E-state index contributed by atoms with van der Waals surface area (Å²) in [5.41, 5.74) is 0. The van der Waals surface area contributed by atoms with Gasteiger partial charge in [0.15, 0.2) is 0 Å². The lowest BCUT2D eigenvalue weighted by molar-refractivity contribution is -0.148. The second-order valence-corrected chi connectivity index (χ2v) is 3.92. The van der Waals surface area contributed by atoms with Gasteiger partial charge in [-0.15, -0.1) is 0 Å². The van der Waals surface area contributed by atoms with Crippen molar-refractivity contribution < 1.29 is 24.2 Å². The van der Waals surface area contributed by atoms with Gasteiger partial charge in [-0.1, -0.05) is 6.92 Å². The lowest BCUT2D eigenvalue weighted by Crippen LogP contribution is -2.43. The van der Waals surface area contributed by atoms with E-state index in [1.54, 1.807) is 0 Å². The van der Waals surface area contributed by atoms with E-state index in [4.69, 9.17) is 14.6 Å². The molecule has 0 aliphatic carbocycles. The lowest BCUT2D eigenvalue weighted by atomic mass is 10.2. The smallest absolute Gasteiger partial charge is 0.323 e. The first-order chi connectivity index (χ1) is 8.52. The van der Waals surface area contributed by atoms with Gasteiger partial charge in [-0.3, -0.25) is 9.59 Å². The molecule has 0 radical (unpaired) electrons. The number of aliphatic carboxylic acids is 1. The van der Waals surface area contributed by atoms with Crippen LogP contribution in [0.5, 0.6) is 0 Å². The van der Waals surface area contributed by atoms with E-state index in [0.717, 1.165) is 0 Å². The Balaban J connectivity index is 4.09. The Labute approximate surface area is 108 Å². The summed E-state index contributed by atoms with van der Waals surface area (Å²) in [6.07, 6.45) is 0.706. The molecule has 1 N–H and O–H groups in total. The zero-order valence-corrected chi connectivity index (χ0v) is 11.3. The van der Waals surface area contributed by atoms with Crippen LogP contribution in [0.3, 0.4) is 0 Å². The molecule has 0 fully saturated rings. The van der Waals surface area contributed by atoms with E-state index < -0.39 is 5.97 Å². The monoisotopic (exact) mass is 261 g/mol. The van der Waals surface area contributed by atoms with Crippen molar-refractivity contribution in [2.24, 2.45) is 0 Å². The number of carboxylic acid groups (broad SMARTS) is 1. The van der Waals surface area contributed by atoms with E-state index in [1.165, 1.54) is 4.90 Å². The molecule has 0 saturated carbocycles. The van der Waals surface area contributed by atoms with Crippen LogP contribution in [0, 0.1) is 0 Å². The number of carboxylic acids is 1. The molecular formula is C12H23NO5. The fourth-order valence-corrected chi connectivity index (χ4v) is 1.36. The summed E-state index contributed by atoms with van der Waals surface area (Å²) in [7, 11) is 0. The Kier molecular flexibility index (Phi) is 9.22. The average Bonchev–Trinajstić information content (AvgIpc) is 2.34. The average molecular weight is 261 g/mol. The number of nitrogens with zero attached hydrogens (tertiary/aromatic N) is 1. The van der Waals surface area contributed by atoms with Crippen LogP contribution in [-0.2, 0) is 19.1 Å². The molecule has 6 heteroatoms. The van der Waals surface area contributed by atoms with Crippen molar-refractivity contribution in [2.45, 2.75) is 33.2 Å². The lowest BCUT2D eigenvalue weighted by Gasteiger charge is -2.26. The third-order valence-corrected chi connectivity index (χ3v) is 2.55. The first kappa shape index (κ1) is 16.9. The fourth-order valence-electron chi connectivity index (χ4n) is 1.36. The van der Waals surface area contributed by atoms with Crippen molar-refractivity contribution in [1.82, 2.24) is 4.90 Å². The standard InChI is InChI=1S/C12H23NO5/c1-4-10(3)13(8-12(15)16)11(14)9-18-7-6-17-5-2/h10H,4-9H2,1-3H3,(H,15,16). The summed E-state index contributed by atoms with van der Waals surface area (Å²) < 4.78 is 10.2. The first-order valence-electron chi connectivity index (χ1n) is 6.19. The molecule has 0 aromatic heterocycles. The number of hydrogen-bond acceptors (Lipinski definition) is 4. The molecule has 0 aliphatic rings. The normalized spacial score (nSPS) is 12.2. The third-order valence-electron chi connectivity index (χ3n) is 2.55. The number of hydrogen-bond donors (Lipinski definition) is 1. The maximum Gasteiger partial charge on any atom is 0.323 e. The Hall–Kier alpha value is -1.14. The molecule has 0 aromatic carbocycles. The Morgan fingerprint density at radius 3 is 2.33 bits per heavy atom. The van der Waals surface area contributed by atoms with Gasteiger partial charge in [0.05, 0.1) is 13.2 Å². The largest absolute Gasteiger partial charge is 0.480 e. The van der Waals surface area contributed by atoms with Gasteiger partial charge in [0.25, 0.3) is 0 Å². The minimum absolute atomic E-state index is 0.106. The summed E-state index contributed by atoms with van der Waals surface area (Å²) >= 11 is 0. The highest BCUT2D eigenvalue weighted by atomic mass is 16.5. The van der Waals surface area contributed by atoms with Gasteiger partial charge in [-0.05, 0) is 20.3 Å². The van der Waals surface area contributed by atoms with Crippen molar-refractivity contribution >= 4 is 11.9 Å². The van der Waals surface area contributed by atoms with Crippen LogP contribution >= 0.6 is 0 Å². The Morgan fingerprint density at radius 2 is 1.83 bits per heavy atom. The highest BCUT2D eigenvalue weighted by Gasteiger charge is 2.21. The third kappa shape index (κ3) is 7.24. The van der Waals surface area contributed by atoms with Crippen LogP contribution in [-0.4, -0.2) is 60.9 Å². The quantitative estimate of drug-likeness (QED) is 0.587. The van der Waals surface area contributed by atoms with E-state index in [2.05, 4.69) is 0 Å². The second-order valence-electron chi connectivity index (χ2n) is 3.92. The summed E-state index contributed by atoms with van der Waals surface area (Å²) in [6, 6.07) is -0.107. The maximum atomic E-state index is 11.8. The molecule has 0 aromatic rings. The molecule has 6 nitrogen and oxygen atoms in total. The van der Waals surface area contributed by atoms with Gasteiger partial charge < -0.3 is 19.5 Å². The SMILES string of the molecule is CCOCCOCC(=O)N(CC(=O)O)C(C)CC. The van der Waals surface area contributed by atoms with E-state index in [0.29, 0.717) is 26.2 Å². The molecule has 1 amide bonds. The molecule has 0 spiro atoms. The molecule has 106 valence electrons. The van der Waals surface area contributed by atoms with Gasteiger partial charge in [-0.2, -0.15) is 0 Å². The van der Waals surface area contributed by atoms with Gasteiger partial charge in [0.2, 0.25) is 5.91 Å². The predicted octanol–water partition coefficient (Wildman–Crippen LogP) is 0.751. The van der Waals surface area contributed by atoms with E-state index in [-0.39, 0.29) is 25.1 Å².